The number of amides is 2. The summed E-state index contributed by atoms with van der Waals surface area (Å²) < 4.78 is 10.7. The number of H-pyrrole nitrogens is 1. The molecule has 1 saturated heterocycles. The number of hydrogen-bond donors (Lipinski definition) is 2. The minimum Gasteiger partial charge on any atom is -0.504 e. The van der Waals surface area contributed by atoms with Crippen LogP contribution in [-0.4, -0.2) is 46.8 Å². The van der Waals surface area contributed by atoms with E-state index in [1.54, 1.807) is 37.3 Å². The minimum absolute atomic E-state index is 0.0522. The van der Waals surface area contributed by atoms with Crippen LogP contribution in [0.4, 0.5) is 5.69 Å². The van der Waals surface area contributed by atoms with Gasteiger partial charge in [0.05, 0.1) is 35.9 Å². The van der Waals surface area contributed by atoms with Gasteiger partial charge in [0.15, 0.2) is 15.5 Å². The van der Waals surface area contributed by atoms with Crippen molar-refractivity contribution in [3.05, 3.63) is 62.4 Å². The zero-order valence-electron chi connectivity index (χ0n) is 18.6. The molecule has 1 aromatic heterocycles. The molecular weight excluding hydrogens is 508 g/mol. The fourth-order valence-corrected chi connectivity index (χ4v) is 7.45. The summed E-state index contributed by atoms with van der Waals surface area (Å²) in [4.78, 5) is 44.5. The molecule has 8 nitrogen and oxygen atoms in total. The van der Waals surface area contributed by atoms with Crippen molar-refractivity contribution >= 4 is 58.8 Å². The number of nitrogens with one attached hydrogen (secondary N) is 1. The third-order valence-corrected chi connectivity index (χ3v) is 8.78. The van der Waals surface area contributed by atoms with Crippen LogP contribution in [0.2, 0.25) is 0 Å². The number of thioether (sulfide) groups is 1. The van der Waals surface area contributed by atoms with Crippen LogP contribution in [0, 0.1) is 9.87 Å². The van der Waals surface area contributed by atoms with Crippen LogP contribution in [0.25, 0.3) is 0 Å². The van der Waals surface area contributed by atoms with Crippen molar-refractivity contribution in [3.63, 3.8) is 0 Å². The summed E-state index contributed by atoms with van der Waals surface area (Å²) in [5.74, 6) is -2.07. The molecule has 3 atom stereocenters. The molecule has 2 N–H and O–H groups in total. The number of benzene rings is 2. The molecule has 5 rings (SSSR count). The number of aromatic nitrogens is 1. The molecule has 0 radical (unpaired) electrons. The molecule has 0 saturated carbocycles. The minimum atomic E-state index is -0.695. The number of phenolic OH excluding ortho intramolecular Hbond substituents is 1. The Morgan fingerprint density at radius 3 is 2.57 bits per heavy atom. The largest absolute Gasteiger partial charge is 0.504 e. The van der Waals surface area contributed by atoms with Crippen molar-refractivity contribution in [1.82, 2.24) is 4.98 Å². The van der Waals surface area contributed by atoms with Crippen LogP contribution in [0.1, 0.15) is 33.6 Å². The number of rotatable bonds is 5. The predicted molar refractivity (Wildman–Crippen MR) is 134 cm³/mol. The van der Waals surface area contributed by atoms with Gasteiger partial charge >= 0.3 is 5.97 Å². The maximum absolute atomic E-state index is 13.8. The first-order valence-corrected chi connectivity index (χ1v) is 12.9. The van der Waals surface area contributed by atoms with E-state index >= 15 is 0 Å². The van der Waals surface area contributed by atoms with E-state index in [1.165, 1.54) is 47.2 Å². The number of phenols is 1. The molecule has 2 amide bonds. The second kappa shape index (κ2) is 9.14. The van der Waals surface area contributed by atoms with Gasteiger partial charge in [-0.1, -0.05) is 17.8 Å². The summed E-state index contributed by atoms with van der Waals surface area (Å²) in [5, 5.41) is 10.5. The van der Waals surface area contributed by atoms with Gasteiger partial charge in [0, 0.05) is 10.8 Å². The van der Waals surface area contributed by atoms with Gasteiger partial charge in [0.1, 0.15) is 5.25 Å². The first-order chi connectivity index (χ1) is 16.8. The van der Waals surface area contributed by atoms with Gasteiger partial charge < -0.3 is 19.6 Å². The predicted octanol–water partition coefficient (Wildman–Crippen LogP) is 4.49. The number of imide groups is 1. The Hall–Kier alpha value is -3.15. The standard InChI is InChI=1S/C24H20N2O6S3/c1-3-32-23(30)11-4-7-13(8-5-11)26-21(28)17-16(12-6-9-15(31-2)14(27)10-12)18-20(25-24(33)35-18)34-19(17)22(26)29/h4-10,16-17,19,27H,3H2,1-2H3,(H,25,33)/t16-,17-,19-/m1/s1. The molecular formula is C24H20N2O6S3. The molecule has 2 aliphatic rings. The molecule has 0 unspecified atom stereocenters. The van der Waals surface area contributed by atoms with Crippen molar-refractivity contribution < 1.29 is 29.0 Å². The number of carbonyl (C=O) groups excluding carboxylic acids is 3. The van der Waals surface area contributed by atoms with Crippen molar-refractivity contribution in [1.29, 1.82) is 0 Å². The summed E-state index contributed by atoms with van der Waals surface area (Å²) in [5.41, 5.74) is 1.41. The summed E-state index contributed by atoms with van der Waals surface area (Å²) >= 11 is 8.01. The summed E-state index contributed by atoms with van der Waals surface area (Å²) in [6.07, 6.45) is 0. The average molecular weight is 529 g/mol. The Morgan fingerprint density at radius 2 is 1.91 bits per heavy atom. The first-order valence-electron chi connectivity index (χ1n) is 10.8. The molecule has 35 heavy (non-hydrogen) atoms. The van der Waals surface area contributed by atoms with Crippen LogP contribution < -0.4 is 9.64 Å². The van der Waals surface area contributed by atoms with E-state index in [9.17, 15) is 19.5 Å². The molecule has 3 heterocycles. The Kier molecular flexibility index (Phi) is 6.16. The number of nitrogens with zero attached hydrogens (tertiary/aromatic N) is 1. The monoisotopic (exact) mass is 528 g/mol. The number of aromatic amines is 1. The number of carbonyl (C=O) groups is 3. The smallest absolute Gasteiger partial charge is 0.338 e. The van der Waals surface area contributed by atoms with Gasteiger partial charge in [0.25, 0.3) is 0 Å². The Balaban J connectivity index is 1.56. The molecule has 0 bridgehead atoms. The molecule has 11 heteroatoms. The number of thiazole rings is 1. The molecule has 0 aliphatic carbocycles. The van der Waals surface area contributed by atoms with Gasteiger partial charge in [0.2, 0.25) is 11.8 Å². The SMILES string of the molecule is CCOC(=O)c1ccc(N2C(=O)[C@@H]3[C@@H](c4ccc(OC)c(O)c4)c4sc(=S)[nH]c4S[C@H]3C2=O)cc1. The number of esters is 1. The molecule has 180 valence electrons. The molecule has 0 spiro atoms. The van der Waals surface area contributed by atoms with E-state index in [1.807, 2.05) is 0 Å². The van der Waals surface area contributed by atoms with Crippen molar-refractivity contribution in [3.8, 4) is 11.5 Å². The van der Waals surface area contributed by atoms with E-state index in [2.05, 4.69) is 4.98 Å². The summed E-state index contributed by atoms with van der Waals surface area (Å²) in [6, 6.07) is 11.2. The average Bonchev–Trinajstić information content (AvgIpc) is 3.33. The molecule has 2 aliphatic heterocycles. The zero-order chi connectivity index (χ0) is 24.9. The van der Waals surface area contributed by atoms with Gasteiger partial charge in [-0.25, -0.2) is 9.69 Å². The fourth-order valence-electron chi connectivity index (χ4n) is 4.49. The number of anilines is 1. The molecule has 3 aromatic rings. The Labute approximate surface area is 213 Å². The second-order valence-electron chi connectivity index (χ2n) is 7.96. The summed E-state index contributed by atoms with van der Waals surface area (Å²) in [6.45, 7) is 1.97. The number of fused-ring (bicyclic) bond motifs is 2. The molecule has 2 aromatic carbocycles. The lowest BCUT2D eigenvalue weighted by Gasteiger charge is -2.30. The van der Waals surface area contributed by atoms with E-state index in [0.29, 0.717) is 26.5 Å². The van der Waals surface area contributed by atoms with Gasteiger partial charge in [-0.15, -0.1) is 11.3 Å². The van der Waals surface area contributed by atoms with Gasteiger partial charge in [-0.05, 0) is 61.1 Å². The topological polar surface area (TPSA) is 109 Å². The fraction of sp³-hybridized carbons (Fsp3) is 0.250. The highest BCUT2D eigenvalue weighted by molar-refractivity contribution is 8.01. The normalized spacial score (nSPS) is 21.0. The maximum Gasteiger partial charge on any atom is 0.338 e. The maximum atomic E-state index is 13.8. The number of aromatic hydroxyl groups is 1. The van der Waals surface area contributed by atoms with Crippen LogP contribution >= 0.6 is 35.3 Å². The van der Waals surface area contributed by atoms with Crippen LogP contribution in [0.3, 0.4) is 0 Å². The number of hydrogen-bond acceptors (Lipinski definition) is 9. The van der Waals surface area contributed by atoms with E-state index in [4.69, 9.17) is 21.7 Å². The van der Waals surface area contributed by atoms with Crippen LogP contribution in [0.15, 0.2) is 47.5 Å². The zero-order valence-corrected chi connectivity index (χ0v) is 21.1. The third-order valence-electron chi connectivity index (χ3n) is 6.02. The Morgan fingerprint density at radius 1 is 1.17 bits per heavy atom. The van der Waals surface area contributed by atoms with Crippen LogP contribution in [0.5, 0.6) is 11.5 Å². The second-order valence-corrected chi connectivity index (χ2v) is 10.8. The third kappa shape index (κ3) is 3.93. The lowest BCUT2D eigenvalue weighted by molar-refractivity contribution is -0.122. The first kappa shape index (κ1) is 23.6. The quantitative estimate of drug-likeness (QED) is 0.283. The van der Waals surface area contributed by atoms with Crippen molar-refractivity contribution in [2.45, 2.75) is 23.1 Å². The van der Waals surface area contributed by atoms with Crippen molar-refractivity contribution in [2.75, 3.05) is 18.6 Å². The lowest BCUT2D eigenvalue weighted by atomic mass is 9.83. The highest BCUT2D eigenvalue weighted by Crippen LogP contribution is 2.54. The van der Waals surface area contributed by atoms with Gasteiger partial charge in [-0.2, -0.15) is 0 Å². The summed E-state index contributed by atoms with van der Waals surface area (Å²) in [7, 11) is 1.46. The van der Waals surface area contributed by atoms with E-state index in [-0.39, 0.29) is 24.2 Å². The highest BCUT2D eigenvalue weighted by atomic mass is 32.2. The van der Waals surface area contributed by atoms with Gasteiger partial charge in [-0.3, -0.25) is 9.59 Å². The number of ether oxygens (including phenoxy) is 2. The Bertz CT molecular complexity index is 1400. The van der Waals surface area contributed by atoms with E-state index in [0.717, 1.165) is 9.90 Å². The highest BCUT2D eigenvalue weighted by Gasteiger charge is 2.56. The van der Waals surface area contributed by atoms with E-state index < -0.39 is 23.1 Å². The number of methoxy groups -OCH3 is 1. The van der Waals surface area contributed by atoms with Crippen LogP contribution in [-0.2, 0) is 14.3 Å². The van der Waals surface area contributed by atoms with Crippen molar-refractivity contribution in [2.24, 2.45) is 5.92 Å². The lowest BCUT2D eigenvalue weighted by Crippen LogP contribution is -2.32. The molecule has 1 fully saturated rings.